The maximum Gasteiger partial charge on any atom is 0.166 e. The quantitative estimate of drug-likeness (QED) is 0.204. The summed E-state index contributed by atoms with van der Waals surface area (Å²) in [5.74, 6) is 0. The average molecular weight is 423 g/mol. The number of nitrogens with one attached hydrogen (secondary N) is 2. The van der Waals surface area contributed by atoms with Crippen LogP contribution in [0.5, 0.6) is 0 Å². The largest absolute Gasteiger partial charge is 0.394 e. The Morgan fingerprint density at radius 1 is 0.862 bits per heavy atom. The van der Waals surface area contributed by atoms with Gasteiger partial charge < -0.3 is 20.8 Å². The molecule has 2 unspecified atom stereocenters. The molecule has 1 aromatic carbocycles. The van der Waals surface area contributed by atoms with Crippen molar-refractivity contribution in [3.63, 3.8) is 0 Å². The SMILES string of the molecule is CCCCCCCCCCCCCCNC(=S)NC(CO)C(O)c1ccccc1. The summed E-state index contributed by atoms with van der Waals surface area (Å²) >= 11 is 5.31. The number of unbranched alkanes of at least 4 members (excludes halogenated alkanes) is 11. The molecule has 0 aliphatic rings. The van der Waals surface area contributed by atoms with E-state index < -0.39 is 12.1 Å². The van der Waals surface area contributed by atoms with E-state index in [-0.39, 0.29) is 6.61 Å². The fourth-order valence-electron chi connectivity index (χ4n) is 3.49. The number of thiocarbonyl (C=S) groups is 1. The second-order valence-electron chi connectivity index (χ2n) is 7.93. The molecule has 0 saturated heterocycles. The first-order chi connectivity index (χ1) is 14.2. The number of aliphatic hydroxyl groups is 2. The molecule has 0 bridgehead atoms. The van der Waals surface area contributed by atoms with Gasteiger partial charge in [-0.05, 0) is 24.2 Å². The summed E-state index contributed by atoms with van der Waals surface area (Å²) in [6, 6.07) is 8.82. The van der Waals surface area contributed by atoms with E-state index in [9.17, 15) is 10.2 Å². The van der Waals surface area contributed by atoms with Crippen molar-refractivity contribution >= 4 is 17.3 Å². The van der Waals surface area contributed by atoms with Crippen molar-refractivity contribution in [2.75, 3.05) is 13.2 Å². The van der Waals surface area contributed by atoms with E-state index in [2.05, 4.69) is 17.6 Å². The predicted molar refractivity (Wildman–Crippen MR) is 127 cm³/mol. The molecule has 4 nitrogen and oxygen atoms in total. The smallest absolute Gasteiger partial charge is 0.166 e. The third-order valence-corrected chi connectivity index (χ3v) is 5.61. The second kappa shape index (κ2) is 17.7. The fraction of sp³-hybridized carbons (Fsp3) is 0.708. The molecule has 2 atom stereocenters. The Morgan fingerprint density at radius 2 is 1.38 bits per heavy atom. The molecule has 0 spiro atoms. The summed E-state index contributed by atoms with van der Waals surface area (Å²) in [4.78, 5) is 0. The molecule has 4 N–H and O–H groups in total. The van der Waals surface area contributed by atoms with Crippen LogP contribution in [0.2, 0.25) is 0 Å². The van der Waals surface area contributed by atoms with Crippen LogP contribution in [0.3, 0.4) is 0 Å². The maximum atomic E-state index is 10.4. The molecule has 0 radical (unpaired) electrons. The van der Waals surface area contributed by atoms with Crippen molar-refractivity contribution in [3.05, 3.63) is 35.9 Å². The Labute approximate surface area is 183 Å². The Hall–Kier alpha value is -1.17. The molecule has 0 fully saturated rings. The minimum absolute atomic E-state index is 0.184. The minimum atomic E-state index is -0.799. The standard InChI is InChI=1S/C24H42N2O2S/c1-2-3-4-5-6-7-8-9-10-11-12-16-19-25-24(29)26-22(20-27)23(28)21-17-14-13-15-18-21/h13-15,17-18,22-23,27-28H,2-12,16,19-20H2,1H3,(H2,25,26,29). The van der Waals surface area contributed by atoms with E-state index in [1.54, 1.807) is 0 Å². The highest BCUT2D eigenvalue weighted by Crippen LogP contribution is 2.16. The third kappa shape index (κ3) is 12.9. The molecule has 0 heterocycles. The number of rotatable bonds is 17. The van der Waals surface area contributed by atoms with Crippen molar-refractivity contribution in [1.29, 1.82) is 0 Å². The maximum absolute atomic E-state index is 10.4. The molecule has 166 valence electrons. The summed E-state index contributed by atoms with van der Waals surface area (Å²) < 4.78 is 0. The van der Waals surface area contributed by atoms with Gasteiger partial charge in [0.05, 0.1) is 12.6 Å². The van der Waals surface area contributed by atoms with E-state index in [1.165, 1.54) is 70.6 Å². The topological polar surface area (TPSA) is 64.5 Å². The van der Waals surface area contributed by atoms with Gasteiger partial charge in [-0.1, -0.05) is 108 Å². The van der Waals surface area contributed by atoms with Crippen LogP contribution in [0.25, 0.3) is 0 Å². The van der Waals surface area contributed by atoms with Gasteiger partial charge in [-0.3, -0.25) is 0 Å². The lowest BCUT2D eigenvalue weighted by Crippen LogP contribution is -2.46. The Bertz CT molecular complexity index is 513. The predicted octanol–water partition coefficient (Wildman–Crippen LogP) is 5.25. The van der Waals surface area contributed by atoms with Crippen molar-refractivity contribution < 1.29 is 10.2 Å². The van der Waals surface area contributed by atoms with Crippen LogP contribution in [0.15, 0.2) is 30.3 Å². The molecular weight excluding hydrogens is 380 g/mol. The first-order valence-electron chi connectivity index (χ1n) is 11.6. The van der Waals surface area contributed by atoms with Crippen LogP contribution in [-0.2, 0) is 0 Å². The Balaban J connectivity index is 2.00. The number of hydrogen-bond acceptors (Lipinski definition) is 3. The summed E-state index contributed by atoms with van der Waals surface area (Å²) in [7, 11) is 0. The molecule has 0 aliphatic heterocycles. The van der Waals surface area contributed by atoms with Crippen LogP contribution < -0.4 is 10.6 Å². The van der Waals surface area contributed by atoms with Gasteiger partial charge in [-0.2, -0.15) is 0 Å². The van der Waals surface area contributed by atoms with E-state index in [0.717, 1.165) is 18.5 Å². The van der Waals surface area contributed by atoms with Crippen LogP contribution in [0.4, 0.5) is 0 Å². The number of benzene rings is 1. The minimum Gasteiger partial charge on any atom is -0.394 e. The Kier molecular flexibility index (Phi) is 15.8. The number of hydrogen-bond donors (Lipinski definition) is 4. The van der Waals surface area contributed by atoms with Crippen LogP contribution >= 0.6 is 12.2 Å². The summed E-state index contributed by atoms with van der Waals surface area (Å²) in [6.45, 7) is 2.90. The van der Waals surface area contributed by atoms with Crippen molar-refractivity contribution in [2.24, 2.45) is 0 Å². The van der Waals surface area contributed by atoms with Gasteiger partial charge in [0, 0.05) is 6.54 Å². The summed E-state index contributed by atoms with van der Waals surface area (Å²) in [6.07, 6.45) is 15.2. The van der Waals surface area contributed by atoms with Gasteiger partial charge in [0.2, 0.25) is 0 Å². The lowest BCUT2D eigenvalue weighted by molar-refractivity contribution is 0.0997. The Morgan fingerprint density at radius 3 is 1.90 bits per heavy atom. The van der Waals surface area contributed by atoms with E-state index >= 15 is 0 Å². The number of aliphatic hydroxyl groups excluding tert-OH is 2. The van der Waals surface area contributed by atoms with Crippen LogP contribution in [0, 0.1) is 0 Å². The van der Waals surface area contributed by atoms with Gasteiger partial charge in [-0.25, -0.2) is 0 Å². The van der Waals surface area contributed by atoms with Gasteiger partial charge in [0.1, 0.15) is 6.10 Å². The fourth-order valence-corrected chi connectivity index (χ4v) is 3.75. The van der Waals surface area contributed by atoms with Crippen molar-refractivity contribution in [1.82, 2.24) is 10.6 Å². The zero-order chi connectivity index (χ0) is 21.2. The summed E-state index contributed by atoms with van der Waals surface area (Å²) in [5.41, 5.74) is 0.766. The molecule has 0 aliphatic carbocycles. The lowest BCUT2D eigenvalue weighted by atomic mass is 10.0. The summed E-state index contributed by atoms with van der Waals surface area (Å²) in [5, 5.41) is 26.7. The first-order valence-corrected chi connectivity index (χ1v) is 12.0. The molecule has 5 heteroatoms. The molecule has 0 amide bonds. The van der Waals surface area contributed by atoms with E-state index in [1.807, 2.05) is 30.3 Å². The van der Waals surface area contributed by atoms with Crippen LogP contribution in [-0.4, -0.2) is 34.5 Å². The molecular formula is C24H42N2O2S. The molecule has 29 heavy (non-hydrogen) atoms. The highest BCUT2D eigenvalue weighted by molar-refractivity contribution is 7.80. The monoisotopic (exact) mass is 422 g/mol. The average Bonchev–Trinajstić information content (AvgIpc) is 2.75. The van der Waals surface area contributed by atoms with Gasteiger partial charge >= 0.3 is 0 Å². The second-order valence-corrected chi connectivity index (χ2v) is 8.34. The molecule has 0 aromatic heterocycles. The zero-order valence-corrected chi connectivity index (χ0v) is 19.1. The lowest BCUT2D eigenvalue weighted by Gasteiger charge is -2.24. The van der Waals surface area contributed by atoms with Crippen LogP contribution in [0.1, 0.15) is 95.6 Å². The van der Waals surface area contributed by atoms with Gasteiger partial charge in [-0.15, -0.1) is 0 Å². The van der Waals surface area contributed by atoms with Gasteiger partial charge in [0.15, 0.2) is 5.11 Å². The van der Waals surface area contributed by atoms with Crippen molar-refractivity contribution in [2.45, 2.75) is 96.1 Å². The van der Waals surface area contributed by atoms with E-state index in [4.69, 9.17) is 12.2 Å². The highest BCUT2D eigenvalue weighted by Gasteiger charge is 2.20. The highest BCUT2D eigenvalue weighted by atomic mass is 32.1. The van der Waals surface area contributed by atoms with Crippen molar-refractivity contribution in [3.8, 4) is 0 Å². The molecule has 1 aromatic rings. The first kappa shape index (κ1) is 25.9. The van der Waals surface area contributed by atoms with Gasteiger partial charge in [0.25, 0.3) is 0 Å². The zero-order valence-electron chi connectivity index (χ0n) is 18.2. The molecule has 1 rings (SSSR count). The molecule has 0 saturated carbocycles. The normalized spacial score (nSPS) is 13.1. The van der Waals surface area contributed by atoms with E-state index in [0.29, 0.717) is 5.11 Å². The third-order valence-electron chi connectivity index (χ3n) is 5.35.